The van der Waals surface area contributed by atoms with Crippen LogP contribution in [0.5, 0.6) is 5.75 Å². The zero-order chi connectivity index (χ0) is 19.6. The predicted octanol–water partition coefficient (Wildman–Crippen LogP) is 4.33. The Hall–Kier alpha value is -2.04. The molecule has 9 heteroatoms. The van der Waals surface area contributed by atoms with Crippen LogP contribution in [0.15, 0.2) is 47.4 Å². The number of benzene rings is 2. The number of aromatic hydroxyl groups is 1. The molecule has 1 saturated heterocycles. The highest BCUT2D eigenvalue weighted by atomic mass is 127. The van der Waals surface area contributed by atoms with Crippen LogP contribution in [0.2, 0.25) is 5.02 Å². The monoisotopic (exact) mass is 514 g/mol. The number of carbonyl (C=O) groups is 3. The first-order valence-electron chi connectivity index (χ1n) is 7.63. The number of carbonyl (C=O) groups excluding carboxylic acids is 3. The van der Waals surface area contributed by atoms with Gasteiger partial charge in [-0.2, -0.15) is 0 Å². The number of imide groups is 1. The van der Waals surface area contributed by atoms with Crippen molar-refractivity contribution >= 4 is 74.8 Å². The quantitative estimate of drug-likeness (QED) is 0.469. The lowest BCUT2D eigenvalue weighted by Crippen LogP contribution is -2.36. The fourth-order valence-electron chi connectivity index (χ4n) is 2.28. The number of rotatable bonds is 4. The van der Waals surface area contributed by atoms with Gasteiger partial charge in [0.05, 0.1) is 9.93 Å². The van der Waals surface area contributed by atoms with Gasteiger partial charge in [-0.1, -0.05) is 17.7 Å². The summed E-state index contributed by atoms with van der Waals surface area (Å²) in [6.07, 6.45) is 1.49. The van der Waals surface area contributed by atoms with Gasteiger partial charge in [0.15, 0.2) is 0 Å². The second-order valence-electron chi connectivity index (χ2n) is 5.53. The van der Waals surface area contributed by atoms with Crippen molar-refractivity contribution in [1.29, 1.82) is 0 Å². The van der Waals surface area contributed by atoms with Crippen molar-refractivity contribution in [2.45, 2.75) is 0 Å². The average Bonchev–Trinajstić information content (AvgIpc) is 2.87. The van der Waals surface area contributed by atoms with Crippen molar-refractivity contribution in [1.82, 2.24) is 4.90 Å². The standard InChI is InChI=1S/C18H12ClIN2O4S/c19-13-7-10(1-6-14(13)23)8-15-17(25)22(18(26)27-15)9-16(24)21-12-4-2-11(20)3-5-12/h1-8,23H,9H2,(H,21,24)/b15-8+. The smallest absolute Gasteiger partial charge is 0.294 e. The van der Waals surface area contributed by atoms with Crippen LogP contribution in [0.25, 0.3) is 6.08 Å². The first-order chi connectivity index (χ1) is 12.8. The van der Waals surface area contributed by atoms with Gasteiger partial charge in [0, 0.05) is 9.26 Å². The summed E-state index contributed by atoms with van der Waals surface area (Å²) in [5.74, 6) is -1.09. The zero-order valence-electron chi connectivity index (χ0n) is 13.6. The molecular weight excluding hydrogens is 503 g/mol. The highest BCUT2D eigenvalue weighted by Crippen LogP contribution is 2.33. The number of nitrogens with zero attached hydrogens (tertiary/aromatic N) is 1. The second-order valence-corrected chi connectivity index (χ2v) is 8.18. The largest absolute Gasteiger partial charge is 0.506 e. The minimum Gasteiger partial charge on any atom is -0.506 e. The lowest BCUT2D eigenvalue weighted by molar-refractivity contribution is -0.127. The Bertz CT molecular complexity index is 962. The van der Waals surface area contributed by atoms with Crippen LogP contribution >= 0.6 is 46.0 Å². The van der Waals surface area contributed by atoms with E-state index in [1.54, 1.807) is 18.2 Å². The molecule has 138 valence electrons. The summed E-state index contributed by atoms with van der Waals surface area (Å²) in [7, 11) is 0. The molecule has 1 fully saturated rings. The van der Waals surface area contributed by atoms with Gasteiger partial charge < -0.3 is 10.4 Å². The highest BCUT2D eigenvalue weighted by molar-refractivity contribution is 14.1. The van der Waals surface area contributed by atoms with E-state index in [0.29, 0.717) is 11.3 Å². The summed E-state index contributed by atoms with van der Waals surface area (Å²) < 4.78 is 1.02. The Kier molecular flexibility index (Phi) is 6.08. The first kappa shape index (κ1) is 19.7. The van der Waals surface area contributed by atoms with Gasteiger partial charge in [0.1, 0.15) is 12.3 Å². The Balaban J connectivity index is 1.70. The maximum absolute atomic E-state index is 12.5. The van der Waals surface area contributed by atoms with Crippen molar-refractivity contribution in [3.8, 4) is 5.75 Å². The molecule has 0 aromatic heterocycles. The molecule has 0 radical (unpaired) electrons. The van der Waals surface area contributed by atoms with Crippen molar-refractivity contribution in [2.75, 3.05) is 11.9 Å². The Morgan fingerprint density at radius 2 is 1.93 bits per heavy atom. The van der Waals surface area contributed by atoms with Crippen molar-refractivity contribution in [3.05, 3.63) is 61.5 Å². The van der Waals surface area contributed by atoms with E-state index in [2.05, 4.69) is 27.9 Å². The van der Waals surface area contributed by atoms with Gasteiger partial charge in [-0.15, -0.1) is 0 Å². The van der Waals surface area contributed by atoms with Crippen LogP contribution in [0, 0.1) is 3.57 Å². The molecule has 2 N–H and O–H groups in total. The van der Waals surface area contributed by atoms with E-state index in [1.807, 2.05) is 12.1 Å². The minimum atomic E-state index is -0.549. The van der Waals surface area contributed by atoms with E-state index in [-0.39, 0.29) is 22.2 Å². The molecule has 6 nitrogen and oxygen atoms in total. The third-order valence-corrected chi connectivity index (χ3v) is 5.50. The molecule has 0 unspecified atom stereocenters. The zero-order valence-corrected chi connectivity index (χ0v) is 17.3. The third kappa shape index (κ3) is 4.82. The maximum Gasteiger partial charge on any atom is 0.294 e. The van der Waals surface area contributed by atoms with E-state index in [4.69, 9.17) is 11.6 Å². The maximum atomic E-state index is 12.5. The molecule has 3 rings (SSSR count). The molecule has 3 amide bonds. The molecule has 1 aliphatic heterocycles. The lowest BCUT2D eigenvalue weighted by atomic mass is 10.2. The number of anilines is 1. The number of amides is 3. The molecule has 0 bridgehead atoms. The fraction of sp³-hybridized carbons (Fsp3) is 0.0556. The Morgan fingerprint density at radius 3 is 2.59 bits per heavy atom. The van der Waals surface area contributed by atoms with Crippen molar-refractivity contribution in [3.63, 3.8) is 0 Å². The molecule has 2 aromatic carbocycles. The SMILES string of the molecule is O=C(CN1C(=O)S/C(=C/c2ccc(O)c(Cl)c2)C1=O)Nc1ccc(I)cc1. The normalized spacial score (nSPS) is 15.5. The molecule has 1 heterocycles. The number of thioether (sulfide) groups is 1. The van der Waals surface area contributed by atoms with E-state index in [0.717, 1.165) is 20.2 Å². The van der Waals surface area contributed by atoms with E-state index >= 15 is 0 Å². The first-order valence-corrected chi connectivity index (χ1v) is 9.90. The summed E-state index contributed by atoms with van der Waals surface area (Å²) in [6.45, 7) is -0.371. The Labute approximate surface area is 177 Å². The van der Waals surface area contributed by atoms with Crippen molar-refractivity contribution < 1.29 is 19.5 Å². The molecule has 27 heavy (non-hydrogen) atoms. The fourth-order valence-corrected chi connectivity index (χ4v) is 3.66. The number of phenols is 1. The summed E-state index contributed by atoms with van der Waals surface area (Å²) >= 11 is 8.74. The van der Waals surface area contributed by atoms with Crippen LogP contribution in [-0.4, -0.2) is 33.6 Å². The number of halogens is 2. The van der Waals surface area contributed by atoms with Crippen LogP contribution in [0.3, 0.4) is 0 Å². The number of hydrogen-bond donors (Lipinski definition) is 2. The van der Waals surface area contributed by atoms with Crippen LogP contribution in [0.1, 0.15) is 5.56 Å². The topological polar surface area (TPSA) is 86.7 Å². The molecule has 0 aliphatic carbocycles. The summed E-state index contributed by atoms with van der Waals surface area (Å²) in [4.78, 5) is 37.8. The predicted molar refractivity (Wildman–Crippen MR) is 114 cm³/mol. The molecule has 1 aliphatic rings. The third-order valence-electron chi connectivity index (χ3n) is 3.57. The van der Waals surface area contributed by atoms with Crippen LogP contribution in [-0.2, 0) is 9.59 Å². The van der Waals surface area contributed by atoms with Gasteiger partial charge in [0.2, 0.25) is 5.91 Å². The molecule has 0 spiro atoms. The number of phenolic OH excluding ortho intramolecular Hbond substituents is 1. The van der Waals surface area contributed by atoms with Gasteiger partial charge >= 0.3 is 0 Å². The number of nitrogens with one attached hydrogen (secondary N) is 1. The Morgan fingerprint density at radius 1 is 1.22 bits per heavy atom. The van der Waals surface area contributed by atoms with Gasteiger partial charge in [-0.25, -0.2) is 0 Å². The van der Waals surface area contributed by atoms with Crippen LogP contribution in [0.4, 0.5) is 10.5 Å². The highest BCUT2D eigenvalue weighted by Gasteiger charge is 2.36. The molecule has 2 aromatic rings. The van der Waals surface area contributed by atoms with Crippen LogP contribution < -0.4 is 5.32 Å². The van der Waals surface area contributed by atoms with Gasteiger partial charge in [0.25, 0.3) is 11.1 Å². The lowest BCUT2D eigenvalue weighted by Gasteiger charge is -2.12. The summed E-state index contributed by atoms with van der Waals surface area (Å²) in [5.41, 5.74) is 1.15. The van der Waals surface area contributed by atoms with E-state index in [9.17, 15) is 19.5 Å². The van der Waals surface area contributed by atoms with Gasteiger partial charge in [-0.3, -0.25) is 19.3 Å². The summed E-state index contributed by atoms with van der Waals surface area (Å²) in [5, 5.41) is 11.7. The van der Waals surface area contributed by atoms with E-state index < -0.39 is 17.1 Å². The second kappa shape index (κ2) is 8.32. The molecule has 0 atom stereocenters. The minimum absolute atomic E-state index is 0.0748. The molecule has 0 saturated carbocycles. The van der Waals surface area contributed by atoms with Gasteiger partial charge in [-0.05, 0) is 82.4 Å². The number of hydrogen-bond acceptors (Lipinski definition) is 5. The molecular formula is C18H12ClIN2O4S. The van der Waals surface area contributed by atoms with E-state index in [1.165, 1.54) is 18.2 Å². The van der Waals surface area contributed by atoms with Crippen molar-refractivity contribution in [2.24, 2.45) is 0 Å². The summed E-state index contributed by atoms with van der Waals surface area (Å²) in [6, 6.07) is 11.6. The average molecular weight is 515 g/mol.